The number of likely N-dealkylation sites (tertiary alicyclic amines) is 1. The molecule has 0 unspecified atom stereocenters. The molecule has 2 N–H and O–H groups in total. The minimum atomic E-state index is -0.446. The van der Waals surface area contributed by atoms with Gasteiger partial charge in [0.25, 0.3) is 0 Å². The largest absolute Gasteiger partial charge is 0.387 e. The number of carbonyl (C=O) groups excluding carboxylic acids is 1. The highest BCUT2D eigenvalue weighted by Gasteiger charge is 2.42. The number of amides is 1. The maximum Gasteiger partial charge on any atom is 0.245 e. The summed E-state index contributed by atoms with van der Waals surface area (Å²) in [5.41, 5.74) is 0.981. The van der Waals surface area contributed by atoms with Crippen molar-refractivity contribution in [2.75, 3.05) is 26.2 Å². The van der Waals surface area contributed by atoms with Crippen LogP contribution in [0.4, 0.5) is 4.39 Å². The summed E-state index contributed by atoms with van der Waals surface area (Å²) < 4.78 is 12.9. The Labute approximate surface area is 148 Å². The van der Waals surface area contributed by atoms with Crippen molar-refractivity contribution in [1.82, 2.24) is 10.2 Å². The van der Waals surface area contributed by atoms with E-state index in [2.05, 4.69) is 16.3 Å². The fraction of sp³-hybridized carbons (Fsp3) is 0.500. The van der Waals surface area contributed by atoms with Gasteiger partial charge in [-0.3, -0.25) is 9.69 Å². The van der Waals surface area contributed by atoms with Crippen molar-refractivity contribution >= 4 is 24.4 Å². The van der Waals surface area contributed by atoms with Gasteiger partial charge in [-0.15, -0.1) is 12.4 Å². The summed E-state index contributed by atoms with van der Waals surface area (Å²) in [7, 11) is 0. The number of benzene rings is 1. The van der Waals surface area contributed by atoms with Gasteiger partial charge in [-0.05, 0) is 42.4 Å². The van der Waals surface area contributed by atoms with Gasteiger partial charge in [-0.2, -0.15) is 0 Å². The first-order valence-electron chi connectivity index (χ1n) is 8.20. The topological polar surface area (TPSA) is 52.6 Å². The van der Waals surface area contributed by atoms with Crippen LogP contribution in [0.15, 0.2) is 30.3 Å². The first-order valence-corrected chi connectivity index (χ1v) is 8.20. The molecule has 1 saturated heterocycles. The van der Waals surface area contributed by atoms with E-state index in [9.17, 15) is 9.18 Å². The molecule has 6 heteroatoms. The molecule has 24 heavy (non-hydrogen) atoms. The number of nitrogens with zero attached hydrogens (tertiary/aromatic N) is 1. The summed E-state index contributed by atoms with van der Waals surface area (Å²) >= 11 is 0. The summed E-state index contributed by atoms with van der Waals surface area (Å²) in [5.74, 6) is 0.690. The van der Waals surface area contributed by atoms with Crippen molar-refractivity contribution < 1.29 is 14.3 Å². The number of carbonyl (C=O) groups is 1. The van der Waals surface area contributed by atoms with Crippen LogP contribution >= 0.6 is 12.4 Å². The van der Waals surface area contributed by atoms with Gasteiger partial charge in [0.15, 0.2) is 0 Å². The minimum Gasteiger partial charge on any atom is -0.387 e. The lowest BCUT2D eigenvalue weighted by Gasteiger charge is -2.18. The highest BCUT2D eigenvalue weighted by molar-refractivity contribution is 5.85. The normalized spacial score (nSPS) is 24.1. The third-order valence-corrected chi connectivity index (χ3v) is 4.70. The Bertz CT molecular complexity index is 575. The molecule has 1 aliphatic heterocycles. The molecule has 0 aromatic heterocycles. The average molecular weight is 355 g/mol. The standard InChI is InChI=1S/C18H23FN2O2.ClH/c19-15-7-3-13(4-8-15)2-1-9-21-10-16(14-5-6-14)17(11-21)20-18(23)12-22;/h1-4,7-8,14,16-17,22H,5-6,9-12H2,(H,20,23);1H/b2-1+;/t16-,17+;/m1./s1. The number of rotatable bonds is 6. The Kier molecular flexibility index (Phi) is 6.78. The molecule has 1 heterocycles. The number of nitrogens with one attached hydrogen (secondary N) is 1. The molecular formula is C18H24ClFN2O2. The molecule has 1 saturated carbocycles. The van der Waals surface area contributed by atoms with Crippen molar-refractivity contribution in [2.24, 2.45) is 11.8 Å². The first kappa shape index (κ1) is 18.9. The van der Waals surface area contributed by atoms with Gasteiger partial charge in [-0.1, -0.05) is 24.3 Å². The molecule has 4 nitrogen and oxygen atoms in total. The van der Waals surface area contributed by atoms with Gasteiger partial charge in [0.1, 0.15) is 12.4 Å². The monoisotopic (exact) mass is 354 g/mol. The van der Waals surface area contributed by atoms with E-state index in [0.29, 0.717) is 11.8 Å². The maximum absolute atomic E-state index is 12.9. The van der Waals surface area contributed by atoms with Gasteiger partial charge < -0.3 is 10.4 Å². The Morgan fingerprint density at radius 1 is 1.29 bits per heavy atom. The van der Waals surface area contributed by atoms with Crippen LogP contribution < -0.4 is 5.32 Å². The van der Waals surface area contributed by atoms with Gasteiger partial charge >= 0.3 is 0 Å². The van der Waals surface area contributed by atoms with Crippen molar-refractivity contribution in [1.29, 1.82) is 0 Å². The zero-order valence-corrected chi connectivity index (χ0v) is 14.3. The van der Waals surface area contributed by atoms with Crippen LogP contribution in [0.25, 0.3) is 6.08 Å². The SMILES string of the molecule is Cl.O=C(CO)N[C@H]1CN(C/C=C/c2ccc(F)cc2)C[C@@H]1C1CC1. The summed E-state index contributed by atoms with van der Waals surface area (Å²) in [6, 6.07) is 6.57. The van der Waals surface area contributed by atoms with Crippen LogP contribution in [0.3, 0.4) is 0 Å². The molecule has 0 bridgehead atoms. The maximum atomic E-state index is 12.9. The number of hydrogen-bond acceptors (Lipinski definition) is 3. The predicted molar refractivity (Wildman–Crippen MR) is 94.4 cm³/mol. The predicted octanol–water partition coefficient (Wildman–Crippen LogP) is 2.08. The van der Waals surface area contributed by atoms with Crippen molar-refractivity contribution in [2.45, 2.75) is 18.9 Å². The van der Waals surface area contributed by atoms with Crippen LogP contribution in [-0.4, -0.2) is 48.2 Å². The number of halogens is 2. The number of hydrogen-bond donors (Lipinski definition) is 2. The van der Waals surface area contributed by atoms with Gasteiger partial charge in [0.05, 0.1) is 0 Å². The summed E-state index contributed by atoms with van der Waals surface area (Å²) in [6.45, 7) is 2.17. The van der Waals surface area contributed by atoms with Crippen LogP contribution in [-0.2, 0) is 4.79 Å². The molecule has 1 aromatic carbocycles. The lowest BCUT2D eigenvalue weighted by molar-refractivity contribution is -0.124. The molecule has 0 spiro atoms. The molecule has 1 aromatic rings. The second kappa shape index (κ2) is 8.60. The fourth-order valence-corrected chi connectivity index (χ4v) is 3.38. The summed E-state index contributed by atoms with van der Waals surface area (Å²) in [5, 5.41) is 11.9. The molecule has 3 rings (SSSR count). The molecule has 132 valence electrons. The minimum absolute atomic E-state index is 0. The van der Waals surface area contributed by atoms with Crippen molar-refractivity contribution in [3.63, 3.8) is 0 Å². The average Bonchev–Trinajstić information content (AvgIpc) is 3.32. The van der Waals surface area contributed by atoms with E-state index in [-0.39, 0.29) is 30.2 Å². The van der Waals surface area contributed by atoms with Crippen molar-refractivity contribution in [3.8, 4) is 0 Å². The highest BCUT2D eigenvalue weighted by Crippen LogP contribution is 2.41. The molecular weight excluding hydrogens is 331 g/mol. The third-order valence-electron chi connectivity index (χ3n) is 4.70. The van der Waals surface area contributed by atoms with Gasteiger partial charge in [-0.25, -0.2) is 4.39 Å². The first-order chi connectivity index (χ1) is 11.2. The lowest BCUT2D eigenvalue weighted by Crippen LogP contribution is -2.42. The quantitative estimate of drug-likeness (QED) is 0.822. The summed E-state index contributed by atoms with van der Waals surface area (Å²) in [4.78, 5) is 13.8. The van der Waals surface area contributed by atoms with E-state index in [1.807, 2.05) is 6.08 Å². The molecule has 1 amide bonds. The second-order valence-electron chi connectivity index (χ2n) is 6.51. The lowest BCUT2D eigenvalue weighted by atomic mass is 9.98. The Hall–Kier alpha value is -1.43. The van der Waals surface area contributed by atoms with Crippen LogP contribution in [0.2, 0.25) is 0 Å². The fourth-order valence-electron chi connectivity index (χ4n) is 3.38. The van der Waals surface area contributed by atoms with E-state index in [0.717, 1.165) is 25.2 Å². The van der Waals surface area contributed by atoms with Crippen LogP contribution in [0.1, 0.15) is 18.4 Å². The Balaban J connectivity index is 0.00000208. The molecule has 1 aliphatic carbocycles. The highest BCUT2D eigenvalue weighted by atomic mass is 35.5. The molecule has 0 radical (unpaired) electrons. The van der Waals surface area contributed by atoms with Gasteiger partial charge in [0, 0.05) is 25.7 Å². The van der Waals surface area contributed by atoms with E-state index in [1.165, 1.54) is 25.0 Å². The molecule has 2 fully saturated rings. The van der Waals surface area contributed by atoms with Crippen molar-refractivity contribution in [3.05, 3.63) is 41.7 Å². The van der Waals surface area contributed by atoms with Crippen LogP contribution in [0, 0.1) is 17.7 Å². The Morgan fingerprint density at radius 3 is 2.62 bits per heavy atom. The number of aliphatic hydroxyl groups is 1. The summed E-state index contributed by atoms with van der Waals surface area (Å²) in [6.07, 6.45) is 6.56. The van der Waals surface area contributed by atoms with E-state index < -0.39 is 6.61 Å². The van der Waals surface area contributed by atoms with E-state index in [4.69, 9.17) is 5.11 Å². The van der Waals surface area contributed by atoms with E-state index >= 15 is 0 Å². The van der Waals surface area contributed by atoms with Crippen LogP contribution in [0.5, 0.6) is 0 Å². The second-order valence-corrected chi connectivity index (χ2v) is 6.51. The van der Waals surface area contributed by atoms with E-state index in [1.54, 1.807) is 12.1 Å². The molecule has 2 atom stereocenters. The Morgan fingerprint density at radius 2 is 2.00 bits per heavy atom. The van der Waals surface area contributed by atoms with Gasteiger partial charge in [0.2, 0.25) is 5.91 Å². The smallest absolute Gasteiger partial charge is 0.245 e. The molecule has 2 aliphatic rings. The number of aliphatic hydroxyl groups excluding tert-OH is 1. The zero-order chi connectivity index (χ0) is 16.2. The zero-order valence-electron chi connectivity index (χ0n) is 13.5. The third kappa shape index (κ3) is 5.03.